The van der Waals surface area contributed by atoms with Crippen LogP contribution in [0.2, 0.25) is 0 Å². The Labute approximate surface area is 119 Å². The number of rotatable bonds is 5. The van der Waals surface area contributed by atoms with Crippen LogP contribution in [0.4, 0.5) is 0 Å². The van der Waals surface area contributed by atoms with Crippen LogP contribution in [0.3, 0.4) is 0 Å². The van der Waals surface area contributed by atoms with Crippen molar-refractivity contribution in [2.24, 2.45) is 11.8 Å². The quantitative estimate of drug-likeness (QED) is 0.769. The molecule has 0 aromatic carbocycles. The van der Waals surface area contributed by atoms with Gasteiger partial charge >= 0.3 is 11.9 Å². The van der Waals surface area contributed by atoms with Crippen LogP contribution < -0.4 is 0 Å². The lowest BCUT2D eigenvalue weighted by Gasteiger charge is -2.34. The summed E-state index contributed by atoms with van der Waals surface area (Å²) in [5.41, 5.74) is -1.17. The molecule has 1 rings (SSSR count). The highest BCUT2D eigenvalue weighted by Crippen LogP contribution is 2.32. The number of esters is 1. The van der Waals surface area contributed by atoms with Gasteiger partial charge in [0.1, 0.15) is 5.54 Å². The Bertz CT molecular complexity index is 406. The Hall–Kier alpha value is -1.59. The first-order valence-electron chi connectivity index (χ1n) is 6.85. The Balaban J connectivity index is 2.95. The average molecular weight is 285 g/mol. The summed E-state index contributed by atoms with van der Waals surface area (Å²) in [6.45, 7) is 5.68. The van der Waals surface area contributed by atoms with Crippen LogP contribution in [0.5, 0.6) is 0 Å². The molecule has 1 N–H and O–H groups in total. The van der Waals surface area contributed by atoms with Crippen molar-refractivity contribution in [3.8, 4) is 0 Å². The second-order valence-corrected chi connectivity index (χ2v) is 5.80. The van der Waals surface area contributed by atoms with E-state index in [-0.39, 0.29) is 18.2 Å². The van der Waals surface area contributed by atoms with Gasteiger partial charge in [-0.05, 0) is 25.7 Å². The molecule has 1 amide bonds. The maximum absolute atomic E-state index is 12.6. The van der Waals surface area contributed by atoms with E-state index in [1.165, 1.54) is 12.0 Å². The van der Waals surface area contributed by atoms with Gasteiger partial charge in [0.2, 0.25) is 5.91 Å². The minimum absolute atomic E-state index is 0.0147. The van der Waals surface area contributed by atoms with E-state index in [9.17, 15) is 19.5 Å². The lowest BCUT2D eigenvalue weighted by atomic mass is 9.89. The van der Waals surface area contributed by atoms with E-state index in [2.05, 4.69) is 4.74 Å². The molecule has 0 spiro atoms. The number of aliphatic carboxylic acids is 1. The highest BCUT2D eigenvalue weighted by molar-refractivity contribution is 5.90. The van der Waals surface area contributed by atoms with Crippen molar-refractivity contribution in [2.75, 3.05) is 13.7 Å². The summed E-state index contributed by atoms with van der Waals surface area (Å²) in [5.74, 6) is -2.32. The number of hydrogen-bond donors (Lipinski definition) is 1. The van der Waals surface area contributed by atoms with Crippen LogP contribution in [0.15, 0.2) is 0 Å². The number of ether oxygens (including phenoxy) is 1. The van der Waals surface area contributed by atoms with Crippen molar-refractivity contribution >= 4 is 17.8 Å². The first-order chi connectivity index (χ1) is 9.24. The second-order valence-electron chi connectivity index (χ2n) is 5.80. The van der Waals surface area contributed by atoms with Gasteiger partial charge in [0.05, 0.1) is 19.4 Å². The van der Waals surface area contributed by atoms with E-state index >= 15 is 0 Å². The molecule has 0 aromatic rings. The molecular formula is C14H23NO5. The van der Waals surface area contributed by atoms with Gasteiger partial charge in [0, 0.05) is 6.54 Å². The summed E-state index contributed by atoms with van der Waals surface area (Å²) in [6, 6.07) is 0. The molecule has 2 atom stereocenters. The van der Waals surface area contributed by atoms with Gasteiger partial charge in [-0.2, -0.15) is 0 Å². The molecule has 6 heteroatoms. The van der Waals surface area contributed by atoms with Crippen molar-refractivity contribution in [3.63, 3.8) is 0 Å². The molecule has 1 aliphatic heterocycles. The van der Waals surface area contributed by atoms with Gasteiger partial charge in [-0.25, -0.2) is 4.79 Å². The van der Waals surface area contributed by atoms with E-state index in [1.54, 1.807) is 6.92 Å². The van der Waals surface area contributed by atoms with Gasteiger partial charge in [0.25, 0.3) is 0 Å². The summed E-state index contributed by atoms with van der Waals surface area (Å²) >= 11 is 0. The zero-order valence-electron chi connectivity index (χ0n) is 12.5. The van der Waals surface area contributed by atoms with Crippen LogP contribution in [-0.2, 0) is 19.1 Å². The van der Waals surface area contributed by atoms with Crippen LogP contribution in [0.1, 0.15) is 40.0 Å². The molecule has 1 fully saturated rings. The van der Waals surface area contributed by atoms with Gasteiger partial charge in [-0.15, -0.1) is 0 Å². The molecule has 0 unspecified atom stereocenters. The maximum atomic E-state index is 12.6. The SMILES string of the molecule is COC(=O)C[C@H](C(=O)N1CCC[C@@]1(C)C(=O)O)C(C)C. The number of carboxylic acid groups (broad SMARTS) is 1. The number of carbonyl (C=O) groups is 3. The first-order valence-corrected chi connectivity index (χ1v) is 6.85. The number of nitrogens with zero attached hydrogens (tertiary/aromatic N) is 1. The molecule has 1 heterocycles. The third-order valence-corrected chi connectivity index (χ3v) is 4.10. The van der Waals surface area contributed by atoms with Gasteiger partial charge in [-0.1, -0.05) is 13.8 Å². The fourth-order valence-electron chi connectivity index (χ4n) is 2.61. The van der Waals surface area contributed by atoms with Crippen molar-refractivity contribution in [1.29, 1.82) is 0 Å². The molecule has 0 bridgehead atoms. The summed E-state index contributed by atoms with van der Waals surface area (Å²) in [5, 5.41) is 9.35. The Morgan fingerprint density at radius 2 is 1.95 bits per heavy atom. The van der Waals surface area contributed by atoms with Crippen molar-refractivity contribution in [1.82, 2.24) is 4.90 Å². The maximum Gasteiger partial charge on any atom is 0.329 e. The molecule has 6 nitrogen and oxygen atoms in total. The van der Waals surface area contributed by atoms with Gasteiger partial charge < -0.3 is 14.7 Å². The lowest BCUT2D eigenvalue weighted by Crippen LogP contribution is -2.53. The van der Waals surface area contributed by atoms with E-state index in [0.717, 1.165) is 0 Å². The third-order valence-electron chi connectivity index (χ3n) is 4.10. The van der Waals surface area contributed by atoms with Gasteiger partial charge in [0.15, 0.2) is 0 Å². The normalized spacial score (nSPS) is 23.8. The molecule has 1 saturated heterocycles. The molecule has 0 aliphatic carbocycles. The summed E-state index contributed by atoms with van der Waals surface area (Å²) in [7, 11) is 1.28. The van der Waals surface area contributed by atoms with Gasteiger partial charge in [-0.3, -0.25) is 9.59 Å². The zero-order valence-corrected chi connectivity index (χ0v) is 12.5. The molecule has 0 saturated carbocycles. The van der Waals surface area contributed by atoms with Crippen LogP contribution in [-0.4, -0.2) is 47.0 Å². The summed E-state index contributed by atoms with van der Waals surface area (Å²) in [4.78, 5) is 36.9. The third kappa shape index (κ3) is 3.11. The van der Waals surface area contributed by atoms with Crippen molar-refractivity contribution in [2.45, 2.75) is 45.6 Å². The predicted octanol–water partition coefficient (Wildman–Crippen LogP) is 1.29. The standard InChI is InChI=1S/C14H23NO5/c1-9(2)10(8-11(16)20-4)12(17)15-7-5-6-14(15,3)13(18)19/h9-10H,5-8H2,1-4H3,(H,18,19)/t10-,14-/m0/s1. The van der Waals surface area contributed by atoms with Crippen molar-refractivity contribution in [3.05, 3.63) is 0 Å². The van der Waals surface area contributed by atoms with E-state index < -0.39 is 23.4 Å². The highest BCUT2D eigenvalue weighted by atomic mass is 16.5. The fraction of sp³-hybridized carbons (Fsp3) is 0.786. The monoisotopic (exact) mass is 285 g/mol. The molecule has 0 radical (unpaired) electrons. The molecular weight excluding hydrogens is 262 g/mol. The number of carboxylic acids is 1. The molecule has 0 aromatic heterocycles. The number of methoxy groups -OCH3 is 1. The molecule has 114 valence electrons. The fourth-order valence-corrected chi connectivity index (χ4v) is 2.61. The van der Waals surface area contributed by atoms with E-state index in [4.69, 9.17) is 0 Å². The number of hydrogen-bond acceptors (Lipinski definition) is 4. The van der Waals surface area contributed by atoms with Crippen LogP contribution >= 0.6 is 0 Å². The molecule has 20 heavy (non-hydrogen) atoms. The Kier molecular flexibility index (Phi) is 5.14. The number of amides is 1. The van der Waals surface area contributed by atoms with Crippen LogP contribution in [0, 0.1) is 11.8 Å². The predicted molar refractivity (Wildman–Crippen MR) is 71.9 cm³/mol. The lowest BCUT2D eigenvalue weighted by molar-refractivity contribution is -0.159. The average Bonchev–Trinajstić information content (AvgIpc) is 2.78. The summed E-state index contributed by atoms with van der Waals surface area (Å²) < 4.78 is 4.62. The number of likely N-dealkylation sites (tertiary alicyclic amines) is 1. The topological polar surface area (TPSA) is 83.9 Å². The second kappa shape index (κ2) is 6.24. The van der Waals surface area contributed by atoms with E-state index in [1.807, 2.05) is 13.8 Å². The highest BCUT2D eigenvalue weighted by Gasteiger charge is 2.47. The summed E-state index contributed by atoms with van der Waals surface area (Å²) in [6.07, 6.45) is 1.09. The van der Waals surface area contributed by atoms with E-state index in [0.29, 0.717) is 19.4 Å². The largest absolute Gasteiger partial charge is 0.480 e. The zero-order chi connectivity index (χ0) is 15.5. The first kappa shape index (κ1) is 16.5. The Morgan fingerprint density at radius 1 is 1.35 bits per heavy atom. The smallest absolute Gasteiger partial charge is 0.329 e. The van der Waals surface area contributed by atoms with Crippen LogP contribution in [0.25, 0.3) is 0 Å². The minimum atomic E-state index is -1.17. The molecule has 1 aliphatic rings. The number of carbonyl (C=O) groups excluding carboxylic acids is 2. The minimum Gasteiger partial charge on any atom is -0.480 e. The van der Waals surface area contributed by atoms with Crippen molar-refractivity contribution < 1.29 is 24.2 Å². The Morgan fingerprint density at radius 3 is 2.40 bits per heavy atom.